The van der Waals surface area contributed by atoms with E-state index in [1.54, 1.807) is 13.4 Å². The van der Waals surface area contributed by atoms with Crippen LogP contribution in [0.25, 0.3) is 0 Å². The van der Waals surface area contributed by atoms with Crippen LogP contribution in [0.15, 0.2) is 12.4 Å². The van der Waals surface area contributed by atoms with Crippen molar-refractivity contribution in [2.24, 2.45) is 11.8 Å². The first-order chi connectivity index (χ1) is 10.1. The van der Waals surface area contributed by atoms with E-state index in [1.807, 2.05) is 13.0 Å². The molecule has 0 saturated carbocycles. The summed E-state index contributed by atoms with van der Waals surface area (Å²) in [6.07, 6.45) is 1.61. The lowest BCUT2D eigenvalue weighted by Gasteiger charge is -2.23. The highest BCUT2D eigenvalue weighted by atomic mass is 16.5. The highest BCUT2D eigenvalue weighted by Crippen LogP contribution is 2.27. The molecule has 6 nitrogen and oxygen atoms in total. The summed E-state index contributed by atoms with van der Waals surface area (Å²) in [5.41, 5.74) is 0.973. The summed E-state index contributed by atoms with van der Waals surface area (Å²) in [5, 5.41) is 9.64. The van der Waals surface area contributed by atoms with Gasteiger partial charge < -0.3 is 19.6 Å². The van der Waals surface area contributed by atoms with E-state index < -0.39 is 0 Å². The third kappa shape index (κ3) is 4.36. The van der Waals surface area contributed by atoms with Crippen LogP contribution in [-0.4, -0.2) is 73.5 Å². The average Bonchev–Trinajstić information content (AvgIpc) is 2.88. The summed E-state index contributed by atoms with van der Waals surface area (Å²) in [6, 6.07) is 2.01. The molecule has 1 N–H and O–H groups in total. The number of ether oxygens (including phenoxy) is 1. The van der Waals surface area contributed by atoms with Crippen molar-refractivity contribution in [3.63, 3.8) is 0 Å². The Hall–Kier alpha value is -1.24. The van der Waals surface area contributed by atoms with Crippen molar-refractivity contribution < 1.29 is 9.84 Å². The lowest BCUT2D eigenvalue weighted by molar-refractivity contribution is 0.136. The predicted molar refractivity (Wildman–Crippen MR) is 82.4 cm³/mol. The normalized spacial score (nSPS) is 22.2. The summed E-state index contributed by atoms with van der Waals surface area (Å²) in [5.74, 6) is 1.71. The first kappa shape index (κ1) is 16.1. The highest BCUT2D eigenvalue weighted by Gasteiger charge is 2.33. The molecule has 2 atom stereocenters. The van der Waals surface area contributed by atoms with Gasteiger partial charge >= 0.3 is 0 Å². The maximum absolute atomic E-state index is 9.64. The SMILES string of the molecule is COCCN(C)C[C@@H]1CN(c2cc(C)ncn2)C[C@@H]1CO. The minimum atomic E-state index is 0.226. The molecule has 0 unspecified atom stereocenters. The Bertz CT molecular complexity index is 443. The van der Waals surface area contributed by atoms with Gasteiger partial charge in [0.25, 0.3) is 0 Å². The van der Waals surface area contributed by atoms with Crippen molar-refractivity contribution in [2.75, 3.05) is 58.5 Å². The fourth-order valence-corrected chi connectivity index (χ4v) is 2.89. The topological polar surface area (TPSA) is 61.7 Å². The minimum absolute atomic E-state index is 0.226. The van der Waals surface area contributed by atoms with Gasteiger partial charge in [-0.25, -0.2) is 9.97 Å². The summed E-state index contributed by atoms with van der Waals surface area (Å²) in [4.78, 5) is 13.0. The van der Waals surface area contributed by atoms with Crippen LogP contribution in [0.4, 0.5) is 5.82 Å². The van der Waals surface area contributed by atoms with E-state index in [1.165, 1.54) is 0 Å². The zero-order valence-electron chi connectivity index (χ0n) is 13.2. The van der Waals surface area contributed by atoms with Crippen molar-refractivity contribution in [1.82, 2.24) is 14.9 Å². The van der Waals surface area contributed by atoms with Crippen LogP contribution >= 0.6 is 0 Å². The fourth-order valence-electron chi connectivity index (χ4n) is 2.89. The smallest absolute Gasteiger partial charge is 0.132 e. The van der Waals surface area contributed by atoms with E-state index in [-0.39, 0.29) is 6.61 Å². The second kappa shape index (κ2) is 7.68. The van der Waals surface area contributed by atoms with Gasteiger partial charge in [-0.3, -0.25) is 0 Å². The zero-order chi connectivity index (χ0) is 15.2. The number of nitrogens with zero attached hydrogens (tertiary/aromatic N) is 4. The summed E-state index contributed by atoms with van der Waals surface area (Å²) in [7, 11) is 3.82. The molecule has 1 aromatic rings. The second-order valence-corrected chi connectivity index (χ2v) is 5.88. The molecule has 1 fully saturated rings. The number of aliphatic hydroxyl groups excluding tert-OH is 1. The van der Waals surface area contributed by atoms with Gasteiger partial charge in [0.15, 0.2) is 0 Å². The maximum Gasteiger partial charge on any atom is 0.132 e. The molecule has 1 aliphatic rings. The largest absolute Gasteiger partial charge is 0.396 e. The van der Waals surface area contributed by atoms with E-state index in [0.717, 1.165) is 44.3 Å². The number of aryl methyl sites for hydroxylation is 1. The lowest BCUT2D eigenvalue weighted by Crippen LogP contribution is -2.33. The van der Waals surface area contributed by atoms with Gasteiger partial charge in [-0.2, -0.15) is 0 Å². The molecule has 0 spiro atoms. The van der Waals surface area contributed by atoms with Gasteiger partial charge in [-0.15, -0.1) is 0 Å². The van der Waals surface area contributed by atoms with Crippen LogP contribution < -0.4 is 4.90 Å². The van der Waals surface area contributed by atoms with E-state index in [9.17, 15) is 5.11 Å². The number of anilines is 1. The Morgan fingerprint density at radius 3 is 2.81 bits per heavy atom. The molecular formula is C15H26N4O2. The molecule has 0 radical (unpaired) electrons. The Balaban J connectivity index is 1.97. The summed E-state index contributed by atoms with van der Waals surface area (Å²) in [6.45, 7) is 6.60. The van der Waals surface area contributed by atoms with Gasteiger partial charge in [0.1, 0.15) is 12.1 Å². The highest BCUT2D eigenvalue weighted by molar-refractivity contribution is 5.40. The van der Waals surface area contributed by atoms with Gasteiger partial charge in [-0.1, -0.05) is 0 Å². The molecule has 2 rings (SSSR count). The Morgan fingerprint density at radius 1 is 1.38 bits per heavy atom. The number of rotatable bonds is 7. The Labute approximate surface area is 126 Å². The number of likely N-dealkylation sites (N-methyl/N-ethyl adjacent to an activating group) is 1. The molecular weight excluding hydrogens is 268 g/mol. The molecule has 1 aromatic heterocycles. The molecule has 0 aliphatic carbocycles. The van der Waals surface area contributed by atoms with E-state index in [0.29, 0.717) is 11.8 Å². The van der Waals surface area contributed by atoms with Crippen molar-refractivity contribution in [3.05, 3.63) is 18.1 Å². The number of hydrogen-bond acceptors (Lipinski definition) is 6. The van der Waals surface area contributed by atoms with Crippen LogP contribution in [0.3, 0.4) is 0 Å². The molecule has 6 heteroatoms. The van der Waals surface area contributed by atoms with Crippen molar-refractivity contribution in [3.8, 4) is 0 Å². The third-order valence-electron chi connectivity index (χ3n) is 4.15. The van der Waals surface area contributed by atoms with Crippen LogP contribution in [0.2, 0.25) is 0 Å². The van der Waals surface area contributed by atoms with E-state index in [4.69, 9.17) is 4.74 Å². The van der Waals surface area contributed by atoms with Gasteiger partial charge in [-0.05, 0) is 19.9 Å². The van der Waals surface area contributed by atoms with Crippen LogP contribution in [-0.2, 0) is 4.74 Å². The third-order valence-corrected chi connectivity index (χ3v) is 4.15. The molecule has 0 amide bonds. The molecule has 0 aromatic carbocycles. The van der Waals surface area contributed by atoms with Crippen LogP contribution in [0.5, 0.6) is 0 Å². The van der Waals surface area contributed by atoms with Gasteiger partial charge in [0.2, 0.25) is 0 Å². The standard InChI is InChI=1S/C15H26N4O2/c1-12-6-15(17-11-16-12)19-8-13(14(9-19)10-20)7-18(2)4-5-21-3/h6,11,13-14,20H,4-5,7-10H2,1-3H3/t13-,14-/m1/s1. The second-order valence-electron chi connectivity index (χ2n) is 5.88. The zero-order valence-corrected chi connectivity index (χ0v) is 13.2. The fraction of sp³-hybridized carbons (Fsp3) is 0.733. The van der Waals surface area contributed by atoms with Gasteiger partial charge in [0.05, 0.1) is 6.61 Å². The number of methoxy groups -OCH3 is 1. The number of hydrogen-bond donors (Lipinski definition) is 1. The predicted octanol–water partition coefficient (Wildman–Crippen LogP) is 0.408. The molecule has 21 heavy (non-hydrogen) atoms. The van der Waals surface area contributed by atoms with Gasteiger partial charge in [0, 0.05) is 57.6 Å². The van der Waals surface area contributed by atoms with Crippen molar-refractivity contribution in [2.45, 2.75) is 6.92 Å². The Morgan fingerprint density at radius 2 is 2.14 bits per heavy atom. The summed E-state index contributed by atoms with van der Waals surface area (Å²) >= 11 is 0. The van der Waals surface area contributed by atoms with E-state index >= 15 is 0 Å². The molecule has 118 valence electrons. The average molecular weight is 294 g/mol. The first-order valence-electron chi connectivity index (χ1n) is 7.46. The Kier molecular flexibility index (Phi) is 5.90. The maximum atomic E-state index is 9.64. The van der Waals surface area contributed by atoms with Crippen molar-refractivity contribution >= 4 is 5.82 Å². The summed E-state index contributed by atoms with van der Waals surface area (Å²) < 4.78 is 5.12. The molecule has 2 heterocycles. The molecule has 1 aliphatic heterocycles. The number of aromatic nitrogens is 2. The number of aliphatic hydroxyl groups is 1. The van der Waals surface area contributed by atoms with E-state index in [2.05, 4.69) is 26.8 Å². The quantitative estimate of drug-likeness (QED) is 0.786. The van der Waals surface area contributed by atoms with Crippen LogP contribution in [0.1, 0.15) is 5.69 Å². The molecule has 0 bridgehead atoms. The van der Waals surface area contributed by atoms with Crippen LogP contribution in [0, 0.1) is 18.8 Å². The molecule has 1 saturated heterocycles. The first-order valence-corrected chi connectivity index (χ1v) is 7.46. The lowest BCUT2D eigenvalue weighted by atomic mass is 9.96. The van der Waals surface area contributed by atoms with Crippen molar-refractivity contribution in [1.29, 1.82) is 0 Å². The monoisotopic (exact) mass is 294 g/mol. The minimum Gasteiger partial charge on any atom is -0.396 e.